The van der Waals surface area contributed by atoms with E-state index in [4.69, 9.17) is 14.5 Å². The molecule has 3 heterocycles. The highest BCUT2D eigenvalue weighted by molar-refractivity contribution is 7.92. The zero-order chi connectivity index (χ0) is 39.7. The van der Waals surface area contributed by atoms with Gasteiger partial charge in [-0.15, -0.1) is 0 Å². The number of ether oxygens (including phenoxy) is 2. The molecule has 0 aliphatic carbocycles. The fourth-order valence-electron chi connectivity index (χ4n) is 7.25. The summed E-state index contributed by atoms with van der Waals surface area (Å²) in [6.45, 7) is 6.61. The number of nitrogens with one attached hydrogen (secondary N) is 1. The van der Waals surface area contributed by atoms with Crippen molar-refractivity contribution in [1.29, 1.82) is 0 Å². The van der Waals surface area contributed by atoms with Crippen LogP contribution in [0.2, 0.25) is 0 Å². The summed E-state index contributed by atoms with van der Waals surface area (Å²) >= 11 is 0. The molecular formula is C39H42F6N4O5S. The molecule has 0 bridgehead atoms. The highest BCUT2D eigenvalue weighted by Crippen LogP contribution is 2.40. The van der Waals surface area contributed by atoms with E-state index in [0.29, 0.717) is 26.3 Å². The molecule has 2 fully saturated rings. The van der Waals surface area contributed by atoms with Crippen molar-refractivity contribution in [3.63, 3.8) is 0 Å². The van der Waals surface area contributed by atoms with Crippen LogP contribution in [0.5, 0.6) is 5.75 Å². The molecule has 6 rings (SSSR count). The molecule has 2 aliphatic heterocycles. The van der Waals surface area contributed by atoms with Crippen LogP contribution in [0.1, 0.15) is 59.8 Å². The van der Waals surface area contributed by atoms with Crippen molar-refractivity contribution in [3.8, 4) is 17.0 Å². The quantitative estimate of drug-likeness (QED) is 0.166. The van der Waals surface area contributed by atoms with E-state index in [1.165, 1.54) is 75.6 Å². The molecule has 0 saturated carbocycles. The van der Waals surface area contributed by atoms with Gasteiger partial charge in [-0.3, -0.25) is 14.6 Å². The van der Waals surface area contributed by atoms with E-state index in [9.17, 15) is 39.6 Å². The molecule has 2 aliphatic rings. The minimum Gasteiger partial charge on any atom is -0.495 e. The van der Waals surface area contributed by atoms with Crippen LogP contribution < -0.4 is 10.1 Å². The molecule has 0 spiro atoms. The van der Waals surface area contributed by atoms with Crippen LogP contribution >= 0.6 is 0 Å². The molecule has 55 heavy (non-hydrogen) atoms. The fourth-order valence-corrected chi connectivity index (χ4v) is 8.47. The van der Waals surface area contributed by atoms with Crippen molar-refractivity contribution in [1.82, 2.24) is 20.1 Å². The minimum absolute atomic E-state index is 0.0303. The molecular weight excluding hydrogens is 751 g/mol. The first-order chi connectivity index (χ1) is 26.0. The number of morpholine rings is 1. The van der Waals surface area contributed by atoms with Crippen molar-refractivity contribution < 1.29 is 49.0 Å². The fraction of sp³-hybridized carbons (Fsp3) is 0.436. The number of aromatic nitrogens is 1. The lowest BCUT2D eigenvalue weighted by atomic mass is 9.93. The van der Waals surface area contributed by atoms with E-state index in [2.05, 4.69) is 10.2 Å². The predicted octanol–water partition coefficient (Wildman–Crippen LogP) is 7.44. The van der Waals surface area contributed by atoms with Gasteiger partial charge in [0.05, 0.1) is 47.9 Å². The summed E-state index contributed by atoms with van der Waals surface area (Å²) in [6.07, 6.45) is -8.26. The highest BCUT2D eigenvalue weighted by atomic mass is 32.2. The number of benzene rings is 3. The zero-order valence-corrected chi connectivity index (χ0v) is 31.3. The Kier molecular flexibility index (Phi) is 11.8. The van der Waals surface area contributed by atoms with Crippen LogP contribution in [0.15, 0.2) is 71.6 Å². The van der Waals surface area contributed by atoms with Gasteiger partial charge in [-0.05, 0) is 63.5 Å². The third-order valence-electron chi connectivity index (χ3n) is 10.2. The maximum atomic E-state index is 14.7. The van der Waals surface area contributed by atoms with Gasteiger partial charge in [0.25, 0.3) is 5.91 Å². The first-order valence-electron chi connectivity index (χ1n) is 17.9. The monoisotopic (exact) mass is 792 g/mol. The number of fused-ring (bicyclic) bond motifs is 1. The number of hydrogen-bond donors (Lipinski definition) is 1. The van der Waals surface area contributed by atoms with Crippen molar-refractivity contribution >= 4 is 26.6 Å². The Labute approximate surface area is 315 Å². The molecule has 16 heteroatoms. The van der Waals surface area contributed by atoms with Crippen LogP contribution in [-0.2, 0) is 27.3 Å². The van der Waals surface area contributed by atoms with E-state index in [1.54, 1.807) is 0 Å². The maximum Gasteiger partial charge on any atom is 0.416 e. The first-order valence-corrected chi connectivity index (χ1v) is 19.5. The van der Waals surface area contributed by atoms with Gasteiger partial charge in [0, 0.05) is 48.3 Å². The SMILES string of the molecule is COc1cc2nc(-c3cccc(C(F)(F)F)c3)c(CN3CCC(N4CCOCC4)CC3)c(C(=O)NC(c3ccccc3)C(F)(F)F)c2cc1S(=O)(=O)C(C)C. The van der Waals surface area contributed by atoms with Gasteiger partial charge in [0.15, 0.2) is 15.9 Å². The second-order valence-corrected chi connectivity index (χ2v) is 16.5. The van der Waals surface area contributed by atoms with Gasteiger partial charge < -0.3 is 14.8 Å². The Morgan fingerprint density at radius 2 is 1.62 bits per heavy atom. The Hall–Kier alpha value is -4.25. The van der Waals surface area contributed by atoms with Crippen LogP contribution in [0.4, 0.5) is 26.3 Å². The molecule has 296 valence electrons. The first kappa shape index (κ1) is 40.4. The summed E-state index contributed by atoms with van der Waals surface area (Å²) < 4.78 is 125. The number of hydrogen-bond acceptors (Lipinski definition) is 8. The number of piperidine rings is 1. The number of nitrogens with zero attached hydrogens (tertiary/aromatic N) is 3. The van der Waals surface area contributed by atoms with E-state index in [0.717, 1.165) is 38.1 Å². The van der Waals surface area contributed by atoms with Gasteiger partial charge in [0.2, 0.25) is 0 Å². The lowest BCUT2D eigenvalue weighted by molar-refractivity contribution is -0.155. The minimum atomic E-state index is -4.96. The van der Waals surface area contributed by atoms with E-state index < -0.39 is 45.0 Å². The number of halogens is 6. The number of carbonyl (C=O) groups excluding carboxylic acids is 1. The normalized spacial score (nSPS) is 17.4. The van der Waals surface area contributed by atoms with Crippen LogP contribution in [-0.4, -0.2) is 93.1 Å². The molecule has 4 aromatic rings. The zero-order valence-electron chi connectivity index (χ0n) is 30.5. The standard InChI is InChI=1S/C39H42F6N4O5S/c1-24(2)55(51,52)33-21-29-31(22-32(33)53-3)46-35(26-10-7-11-27(20-26)38(40,41)42)30(23-48-14-12-28(13-15-48)49-16-18-54-19-17-49)34(29)37(50)47-36(39(43,44)45)25-8-5-4-6-9-25/h4-11,20-22,24,28,36H,12-19,23H2,1-3H3,(H,47,50). The van der Waals surface area contributed by atoms with Gasteiger partial charge in [-0.2, -0.15) is 26.3 Å². The van der Waals surface area contributed by atoms with Crippen molar-refractivity contribution in [2.75, 3.05) is 46.5 Å². The van der Waals surface area contributed by atoms with Crippen LogP contribution in [0.25, 0.3) is 22.2 Å². The molecule has 1 N–H and O–H groups in total. The topological polar surface area (TPSA) is 101 Å². The Morgan fingerprint density at radius 1 is 0.945 bits per heavy atom. The average Bonchev–Trinajstić information content (AvgIpc) is 3.16. The molecule has 2 saturated heterocycles. The summed E-state index contributed by atoms with van der Waals surface area (Å²) in [5, 5.41) is 1.10. The predicted molar refractivity (Wildman–Crippen MR) is 194 cm³/mol. The van der Waals surface area contributed by atoms with Crippen molar-refractivity contribution in [2.45, 2.75) is 67.8 Å². The highest BCUT2D eigenvalue weighted by Gasteiger charge is 2.43. The Morgan fingerprint density at radius 3 is 2.22 bits per heavy atom. The third-order valence-corrected chi connectivity index (χ3v) is 12.4. The second-order valence-electron chi connectivity index (χ2n) is 14.0. The summed E-state index contributed by atoms with van der Waals surface area (Å²) in [5.41, 5.74) is -1.68. The van der Waals surface area contributed by atoms with Crippen molar-refractivity contribution in [3.05, 3.63) is 89.0 Å². The number of pyridine rings is 1. The average molecular weight is 793 g/mol. The summed E-state index contributed by atoms with van der Waals surface area (Å²) in [4.78, 5) is 23.4. The number of likely N-dealkylation sites (tertiary alicyclic amines) is 1. The van der Waals surface area contributed by atoms with Gasteiger partial charge in [-0.25, -0.2) is 13.4 Å². The molecule has 1 amide bonds. The molecule has 1 aromatic heterocycles. The number of rotatable bonds is 10. The Bertz CT molecular complexity index is 2120. The van der Waals surface area contributed by atoms with Crippen molar-refractivity contribution in [2.24, 2.45) is 0 Å². The summed E-state index contributed by atoms with van der Waals surface area (Å²) in [7, 11) is -2.87. The van der Waals surface area contributed by atoms with Crippen LogP contribution in [0, 0.1) is 0 Å². The van der Waals surface area contributed by atoms with Gasteiger partial charge in [-0.1, -0.05) is 42.5 Å². The Balaban J connectivity index is 1.58. The lowest BCUT2D eigenvalue weighted by Crippen LogP contribution is -2.48. The van der Waals surface area contributed by atoms with Crippen LogP contribution in [0.3, 0.4) is 0 Å². The lowest BCUT2D eigenvalue weighted by Gasteiger charge is -2.40. The van der Waals surface area contributed by atoms with Gasteiger partial charge >= 0.3 is 12.4 Å². The summed E-state index contributed by atoms with van der Waals surface area (Å²) in [5.74, 6) is -1.35. The number of methoxy groups -OCH3 is 1. The van der Waals surface area contributed by atoms with E-state index >= 15 is 0 Å². The van der Waals surface area contributed by atoms with Gasteiger partial charge in [0.1, 0.15) is 10.6 Å². The number of sulfone groups is 1. The second kappa shape index (κ2) is 16.1. The molecule has 9 nitrogen and oxygen atoms in total. The number of alkyl halides is 6. The summed E-state index contributed by atoms with van der Waals surface area (Å²) in [6, 6.07) is 11.3. The van der Waals surface area contributed by atoms with E-state index in [-0.39, 0.29) is 62.1 Å². The largest absolute Gasteiger partial charge is 0.495 e. The number of amides is 1. The molecule has 1 atom stereocenters. The number of carbonyl (C=O) groups is 1. The molecule has 0 radical (unpaired) electrons. The third kappa shape index (κ3) is 8.77. The molecule has 3 aromatic carbocycles. The maximum absolute atomic E-state index is 14.7. The molecule has 1 unspecified atom stereocenters. The van der Waals surface area contributed by atoms with E-state index in [1.807, 2.05) is 4.90 Å². The smallest absolute Gasteiger partial charge is 0.416 e.